The third-order valence-corrected chi connectivity index (χ3v) is 3.03. The van der Waals surface area contributed by atoms with Crippen molar-refractivity contribution in [1.29, 1.82) is 0 Å². The number of nitrogens with zero attached hydrogens (tertiary/aromatic N) is 2. The number of carbonyl (C=O) groups excluding carboxylic acids is 1. The summed E-state index contributed by atoms with van der Waals surface area (Å²) in [6.45, 7) is 0. The number of nitrogens with one attached hydrogen (secondary N) is 1. The Morgan fingerprint density at radius 1 is 1.42 bits per heavy atom. The van der Waals surface area contributed by atoms with Gasteiger partial charge in [0.15, 0.2) is 11.5 Å². The van der Waals surface area contributed by atoms with Gasteiger partial charge in [-0.3, -0.25) is 14.9 Å². The van der Waals surface area contributed by atoms with E-state index in [-0.39, 0.29) is 28.4 Å². The summed E-state index contributed by atoms with van der Waals surface area (Å²) in [4.78, 5) is 22.1. The van der Waals surface area contributed by atoms with E-state index in [0.29, 0.717) is 5.56 Å². The van der Waals surface area contributed by atoms with Gasteiger partial charge in [-0.2, -0.15) is 5.10 Å². The molecule has 2 aromatic rings. The van der Waals surface area contributed by atoms with Crippen molar-refractivity contribution in [1.82, 2.24) is 5.43 Å². The van der Waals surface area contributed by atoms with E-state index < -0.39 is 10.8 Å². The number of hydrogen-bond donors (Lipinski definition) is 3. The van der Waals surface area contributed by atoms with Crippen LogP contribution in [0.25, 0.3) is 0 Å². The fourth-order valence-electron chi connectivity index (χ4n) is 1.90. The number of nitrogen functional groups attached to an aromatic ring is 1. The highest BCUT2D eigenvalue weighted by molar-refractivity contribution is 5.96. The average Bonchev–Trinajstić information content (AvgIpc) is 2.55. The molecule has 2 rings (SSSR count). The summed E-state index contributed by atoms with van der Waals surface area (Å²) in [5.74, 6) is -0.543. The third kappa shape index (κ3) is 3.77. The minimum Gasteiger partial charge on any atom is -0.504 e. The van der Waals surface area contributed by atoms with E-state index in [4.69, 9.17) is 10.5 Å². The number of non-ortho nitro benzene ring substituents is 1. The lowest BCUT2D eigenvalue weighted by atomic mass is 10.1. The molecule has 0 radical (unpaired) electrons. The van der Waals surface area contributed by atoms with E-state index in [1.54, 1.807) is 18.2 Å². The largest absolute Gasteiger partial charge is 0.504 e. The summed E-state index contributed by atoms with van der Waals surface area (Å²) >= 11 is 0. The lowest BCUT2D eigenvalue weighted by Crippen LogP contribution is -2.18. The molecule has 0 unspecified atom stereocenters. The lowest BCUT2D eigenvalue weighted by Gasteiger charge is -2.05. The van der Waals surface area contributed by atoms with Crippen molar-refractivity contribution in [2.24, 2.45) is 5.10 Å². The number of carbonyl (C=O) groups is 1. The van der Waals surface area contributed by atoms with Crippen LogP contribution in [0.5, 0.6) is 11.5 Å². The number of nitro benzene ring substituents is 1. The maximum Gasteiger partial charge on any atom is 0.272 e. The monoisotopic (exact) mass is 330 g/mol. The zero-order valence-corrected chi connectivity index (χ0v) is 12.6. The number of amides is 1. The summed E-state index contributed by atoms with van der Waals surface area (Å²) in [6.07, 6.45) is 1.22. The van der Waals surface area contributed by atoms with Gasteiger partial charge in [0.1, 0.15) is 0 Å². The van der Waals surface area contributed by atoms with Crippen LogP contribution in [0.3, 0.4) is 0 Å². The van der Waals surface area contributed by atoms with E-state index in [2.05, 4.69) is 10.5 Å². The van der Waals surface area contributed by atoms with Crippen LogP contribution in [0.2, 0.25) is 0 Å². The quantitative estimate of drug-likeness (QED) is 0.329. The van der Waals surface area contributed by atoms with Gasteiger partial charge >= 0.3 is 0 Å². The number of methoxy groups -OCH3 is 1. The summed E-state index contributed by atoms with van der Waals surface area (Å²) in [6, 6.07) is 8.30. The zero-order valence-electron chi connectivity index (χ0n) is 12.6. The molecule has 0 aromatic heterocycles. The third-order valence-electron chi connectivity index (χ3n) is 3.03. The second-order valence-corrected chi connectivity index (χ2v) is 4.67. The zero-order chi connectivity index (χ0) is 17.7. The average molecular weight is 330 g/mol. The first-order chi connectivity index (χ1) is 11.4. The normalized spacial score (nSPS) is 10.5. The van der Waals surface area contributed by atoms with Gasteiger partial charge in [0, 0.05) is 23.4 Å². The number of hydrogen-bond acceptors (Lipinski definition) is 7. The molecule has 124 valence electrons. The number of phenolic OH excluding ortho intramolecular Hbond substituents is 1. The van der Waals surface area contributed by atoms with Crippen LogP contribution >= 0.6 is 0 Å². The van der Waals surface area contributed by atoms with Crippen molar-refractivity contribution in [2.75, 3.05) is 12.8 Å². The number of nitro groups is 1. The van der Waals surface area contributed by atoms with Gasteiger partial charge in [-0.1, -0.05) is 6.07 Å². The topological polar surface area (TPSA) is 140 Å². The molecule has 9 heteroatoms. The molecule has 0 atom stereocenters. The predicted octanol–water partition coefficient (Wildman–Crippen LogP) is 1.66. The molecule has 1 amide bonds. The molecule has 0 saturated heterocycles. The number of rotatable bonds is 5. The minimum atomic E-state index is -0.677. The summed E-state index contributed by atoms with van der Waals surface area (Å²) in [5.41, 5.74) is 7.85. The number of hydrazone groups is 1. The maximum atomic E-state index is 12.0. The van der Waals surface area contributed by atoms with E-state index in [9.17, 15) is 20.0 Å². The number of phenols is 1. The molecule has 0 fully saturated rings. The Bertz CT molecular complexity index is 820. The predicted molar refractivity (Wildman–Crippen MR) is 87.2 cm³/mol. The van der Waals surface area contributed by atoms with Crippen LogP contribution in [0.1, 0.15) is 15.9 Å². The molecule has 4 N–H and O–H groups in total. The molecule has 24 heavy (non-hydrogen) atoms. The highest BCUT2D eigenvalue weighted by Gasteiger charge is 2.13. The van der Waals surface area contributed by atoms with Crippen molar-refractivity contribution in [3.8, 4) is 11.5 Å². The second-order valence-electron chi connectivity index (χ2n) is 4.67. The van der Waals surface area contributed by atoms with Gasteiger partial charge in [-0.25, -0.2) is 5.43 Å². The first-order valence-corrected chi connectivity index (χ1v) is 6.66. The van der Waals surface area contributed by atoms with Gasteiger partial charge in [0.25, 0.3) is 11.6 Å². The Labute approximate surface area is 136 Å². The molecule has 0 bridgehead atoms. The van der Waals surface area contributed by atoms with Crippen LogP contribution in [0.4, 0.5) is 11.4 Å². The Hall–Kier alpha value is -3.62. The number of anilines is 1. The van der Waals surface area contributed by atoms with Crippen LogP contribution in [0, 0.1) is 10.1 Å². The van der Waals surface area contributed by atoms with Crippen molar-refractivity contribution in [3.63, 3.8) is 0 Å². The molecule has 0 aliphatic rings. The van der Waals surface area contributed by atoms with Crippen molar-refractivity contribution in [3.05, 3.63) is 57.6 Å². The number of aromatic hydroxyl groups is 1. The Balaban J connectivity index is 2.15. The van der Waals surface area contributed by atoms with Gasteiger partial charge in [-0.15, -0.1) is 0 Å². The summed E-state index contributed by atoms with van der Waals surface area (Å²) < 4.78 is 4.95. The molecule has 9 nitrogen and oxygen atoms in total. The standard InChI is InChI=1S/C15H14N4O5/c1-24-13-4-2-3-9(14(13)20)8-17-18-15(21)10-5-11(16)7-12(6-10)19(22)23/h2-8,20H,16H2,1H3,(H,18,21)/b17-8+. The van der Waals surface area contributed by atoms with Gasteiger partial charge < -0.3 is 15.6 Å². The molecular weight excluding hydrogens is 316 g/mol. The van der Waals surface area contributed by atoms with E-state index in [1.807, 2.05) is 0 Å². The van der Waals surface area contributed by atoms with Crippen LogP contribution < -0.4 is 15.9 Å². The van der Waals surface area contributed by atoms with E-state index in [0.717, 1.165) is 12.1 Å². The molecule has 0 aliphatic heterocycles. The number of benzene rings is 2. The molecule has 0 heterocycles. The van der Waals surface area contributed by atoms with Gasteiger partial charge in [0.05, 0.1) is 23.8 Å². The van der Waals surface area contributed by atoms with E-state index in [1.165, 1.54) is 19.4 Å². The minimum absolute atomic E-state index is 0.00582. The Morgan fingerprint density at radius 2 is 2.17 bits per heavy atom. The Kier molecular flexibility index (Phi) is 4.95. The maximum absolute atomic E-state index is 12.0. The molecule has 0 spiro atoms. The fraction of sp³-hybridized carbons (Fsp3) is 0.0667. The van der Waals surface area contributed by atoms with Crippen LogP contribution in [0.15, 0.2) is 41.5 Å². The lowest BCUT2D eigenvalue weighted by molar-refractivity contribution is -0.384. The fourth-order valence-corrected chi connectivity index (χ4v) is 1.90. The highest BCUT2D eigenvalue weighted by atomic mass is 16.6. The van der Waals surface area contributed by atoms with Crippen molar-refractivity contribution < 1.29 is 19.6 Å². The summed E-state index contributed by atoms with van der Waals surface area (Å²) in [7, 11) is 1.41. The molecule has 2 aromatic carbocycles. The first-order valence-electron chi connectivity index (χ1n) is 6.66. The molecule has 0 saturated carbocycles. The van der Waals surface area contributed by atoms with E-state index >= 15 is 0 Å². The molecule has 0 aliphatic carbocycles. The van der Waals surface area contributed by atoms with Crippen LogP contribution in [-0.2, 0) is 0 Å². The van der Waals surface area contributed by atoms with Gasteiger partial charge in [0.2, 0.25) is 0 Å². The van der Waals surface area contributed by atoms with Crippen molar-refractivity contribution in [2.45, 2.75) is 0 Å². The first kappa shape index (κ1) is 16.7. The number of nitrogens with two attached hydrogens (primary N) is 1. The van der Waals surface area contributed by atoms with Crippen LogP contribution in [-0.4, -0.2) is 29.3 Å². The smallest absolute Gasteiger partial charge is 0.272 e. The SMILES string of the molecule is COc1cccc(/C=N/NC(=O)c2cc(N)cc([N+](=O)[O-])c2)c1O. The van der Waals surface area contributed by atoms with Crippen molar-refractivity contribution >= 4 is 23.5 Å². The molecular formula is C15H14N4O5. The number of para-hydroxylation sites is 1. The second kappa shape index (κ2) is 7.09. The highest BCUT2D eigenvalue weighted by Crippen LogP contribution is 2.27. The number of ether oxygens (including phenoxy) is 1. The summed E-state index contributed by atoms with van der Waals surface area (Å²) in [5, 5.41) is 24.4. The van der Waals surface area contributed by atoms with Gasteiger partial charge in [-0.05, 0) is 18.2 Å². The Morgan fingerprint density at radius 3 is 2.83 bits per heavy atom.